The lowest BCUT2D eigenvalue weighted by molar-refractivity contribution is -0.384. The van der Waals surface area contributed by atoms with E-state index in [1.807, 2.05) is 0 Å². The molecule has 35 heavy (non-hydrogen) atoms. The van der Waals surface area contributed by atoms with E-state index in [0.717, 1.165) is 17.4 Å². The maximum atomic E-state index is 13.2. The van der Waals surface area contributed by atoms with Crippen LogP contribution in [0.5, 0.6) is 10.9 Å². The fourth-order valence-corrected chi connectivity index (χ4v) is 5.29. The number of fused-ring (bicyclic) bond motifs is 1. The van der Waals surface area contributed by atoms with Crippen LogP contribution in [0.2, 0.25) is 10.0 Å². The lowest BCUT2D eigenvalue weighted by Gasteiger charge is -2.15. The molecule has 0 unspecified atom stereocenters. The van der Waals surface area contributed by atoms with Gasteiger partial charge in [0, 0.05) is 17.7 Å². The number of thiazole rings is 1. The van der Waals surface area contributed by atoms with Gasteiger partial charge in [0.1, 0.15) is 0 Å². The molecule has 0 aliphatic carbocycles. The van der Waals surface area contributed by atoms with Crippen LogP contribution in [0, 0.1) is 10.1 Å². The predicted octanol–water partition coefficient (Wildman–Crippen LogP) is 6.64. The van der Waals surface area contributed by atoms with E-state index in [1.54, 1.807) is 0 Å². The number of alkyl halides is 3. The van der Waals surface area contributed by atoms with Crippen molar-refractivity contribution < 1.29 is 31.2 Å². The van der Waals surface area contributed by atoms with E-state index in [1.165, 1.54) is 30.3 Å². The maximum Gasteiger partial charge on any atom is 0.416 e. The molecular weight excluding hydrogens is 554 g/mol. The molecule has 0 saturated carbocycles. The molecule has 0 bridgehead atoms. The Hall–Kier alpha value is -2.97. The van der Waals surface area contributed by atoms with Crippen molar-refractivity contribution in [2.24, 2.45) is 5.14 Å². The van der Waals surface area contributed by atoms with Gasteiger partial charge in [0.2, 0.25) is 10.0 Å². The molecule has 0 spiro atoms. The summed E-state index contributed by atoms with van der Waals surface area (Å²) in [5.41, 5.74) is -1.23. The first-order valence-electron chi connectivity index (χ1n) is 9.20. The molecule has 4 aromatic rings. The zero-order valence-corrected chi connectivity index (χ0v) is 20.0. The summed E-state index contributed by atoms with van der Waals surface area (Å²) in [6.07, 6.45) is -4.75. The van der Waals surface area contributed by atoms with Crippen LogP contribution in [0.25, 0.3) is 21.3 Å². The molecule has 0 aliphatic rings. The molecule has 0 amide bonds. The van der Waals surface area contributed by atoms with Crippen LogP contribution in [0.3, 0.4) is 0 Å². The number of halogens is 5. The van der Waals surface area contributed by atoms with Gasteiger partial charge in [-0.25, -0.2) is 18.5 Å². The number of aromatic nitrogens is 1. The van der Waals surface area contributed by atoms with E-state index in [0.29, 0.717) is 22.3 Å². The number of benzene rings is 3. The Balaban J connectivity index is 1.77. The molecular formula is C20H10Cl2F3N3O5S2. The molecule has 15 heteroatoms. The lowest BCUT2D eigenvalue weighted by atomic mass is 10.0. The number of nitro groups is 1. The summed E-state index contributed by atoms with van der Waals surface area (Å²) in [6.45, 7) is 0. The molecule has 2 N–H and O–H groups in total. The average Bonchev–Trinajstić information content (AvgIpc) is 3.16. The van der Waals surface area contributed by atoms with E-state index in [9.17, 15) is 31.7 Å². The van der Waals surface area contributed by atoms with E-state index in [4.69, 9.17) is 33.1 Å². The Morgan fingerprint density at radius 1 is 1.06 bits per heavy atom. The number of rotatable bonds is 5. The number of nitrogens with two attached hydrogens (primary N) is 1. The molecule has 4 rings (SSSR count). The highest BCUT2D eigenvalue weighted by atomic mass is 35.5. The lowest BCUT2D eigenvalue weighted by Crippen LogP contribution is -2.15. The number of ether oxygens (including phenoxy) is 1. The second-order valence-electron chi connectivity index (χ2n) is 7.01. The summed E-state index contributed by atoms with van der Waals surface area (Å²) >= 11 is 13.5. The Labute approximate surface area is 208 Å². The summed E-state index contributed by atoms with van der Waals surface area (Å²) in [7, 11) is -4.39. The SMILES string of the molecule is NS(=O)(=O)c1ccc(C(F)(F)F)cc1-c1cc(Cl)c(Oc2nc3ccc([N+](=O)[O-])cc3s2)c(Cl)c1. The first-order chi connectivity index (χ1) is 16.2. The standard InChI is InChI=1S/C20H10Cl2F3N3O5S2/c21-13-5-9(12-7-10(20(23,24)25)1-4-17(12)35(26,31)32)6-14(22)18(13)33-19-27-15-3-2-11(28(29)30)8-16(15)34-19/h1-8H,(H2,26,31,32). The molecule has 8 nitrogen and oxygen atoms in total. The highest BCUT2D eigenvalue weighted by molar-refractivity contribution is 7.89. The van der Waals surface area contributed by atoms with Crippen LogP contribution in [-0.2, 0) is 16.2 Å². The highest BCUT2D eigenvalue weighted by Gasteiger charge is 2.32. The largest absolute Gasteiger partial charge is 0.428 e. The minimum atomic E-state index is -4.75. The van der Waals surface area contributed by atoms with Gasteiger partial charge in [0.05, 0.1) is 35.6 Å². The van der Waals surface area contributed by atoms with Crippen molar-refractivity contribution in [3.05, 3.63) is 74.3 Å². The highest BCUT2D eigenvalue weighted by Crippen LogP contribution is 2.44. The number of sulfonamides is 1. The summed E-state index contributed by atoms with van der Waals surface area (Å²) in [4.78, 5) is 14.0. The van der Waals surface area contributed by atoms with Gasteiger partial charge in [0.25, 0.3) is 10.9 Å². The monoisotopic (exact) mass is 563 g/mol. The predicted molar refractivity (Wildman–Crippen MR) is 125 cm³/mol. The fourth-order valence-electron chi connectivity index (χ4n) is 3.13. The minimum Gasteiger partial charge on any atom is -0.428 e. The molecule has 0 saturated heterocycles. The van der Waals surface area contributed by atoms with Crippen molar-refractivity contribution in [2.75, 3.05) is 0 Å². The van der Waals surface area contributed by atoms with Crippen molar-refractivity contribution in [1.82, 2.24) is 4.98 Å². The number of primary sulfonamides is 1. The smallest absolute Gasteiger partial charge is 0.416 e. The zero-order chi connectivity index (χ0) is 25.7. The molecule has 1 heterocycles. The van der Waals surface area contributed by atoms with Crippen molar-refractivity contribution in [2.45, 2.75) is 11.1 Å². The first-order valence-corrected chi connectivity index (χ1v) is 12.3. The second-order valence-corrected chi connectivity index (χ2v) is 10.4. The molecule has 0 aliphatic heterocycles. The van der Waals surface area contributed by atoms with Crippen LogP contribution >= 0.6 is 34.5 Å². The Morgan fingerprint density at radius 3 is 2.29 bits per heavy atom. The minimum absolute atomic E-state index is 0.0429. The quantitative estimate of drug-likeness (QED) is 0.214. The van der Waals surface area contributed by atoms with Crippen molar-refractivity contribution >= 4 is 60.5 Å². The Kier molecular flexibility index (Phi) is 6.40. The summed E-state index contributed by atoms with van der Waals surface area (Å²) < 4.78 is 69.8. The van der Waals surface area contributed by atoms with Crippen LogP contribution in [0.1, 0.15) is 5.56 Å². The van der Waals surface area contributed by atoms with E-state index in [-0.39, 0.29) is 37.8 Å². The zero-order valence-electron chi connectivity index (χ0n) is 16.8. The third-order valence-electron chi connectivity index (χ3n) is 4.68. The third-order valence-corrected chi connectivity index (χ3v) is 7.10. The molecule has 1 aromatic heterocycles. The molecule has 0 atom stereocenters. The Morgan fingerprint density at radius 2 is 1.71 bits per heavy atom. The number of nitro benzene ring substituents is 1. The van der Waals surface area contributed by atoms with Crippen LogP contribution in [0.15, 0.2) is 53.4 Å². The number of hydrogen-bond acceptors (Lipinski definition) is 7. The van der Waals surface area contributed by atoms with Crippen molar-refractivity contribution in [1.29, 1.82) is 0 Å². The summed E-state index contributed by atoms with van der Waals surface area (Å²) in [6, 6.07) is 8.35. The van der Waals surface area contributed by atoms with Gasteiger partial charge in [-0.3, -0.25) is 10.1 Å². The van der Waals surface area contributed by atoms with Gasteiger partial charge in [0.15, 0.2) is 5.75 Å². The van der Waals surface area contributed by atoms with Gasteiger partial charge in [-0.15, -0.1) is 0 Å². The number of non-ortho nitro benzene ring substituents is 1. The Bertz CT molecular complexity index is 1580. The van der Waals surface area contributed by atoms with Crippen LogP contribution in [-0.4, -0.2) is 18.3 Å². The normalized spacial score (nSPS) is 12.2. The van der Waals surface area contributed by atoms with Gasteiger partial charge in [-0.1, -0.05) is 34.5 Å². The van der Waals surface area contributed by atoms with E-state index < -0.39 is 31.6 Å². The van der Waals surface area contributed by atoms with Crippen LogP contribution < -0.4 is 9.88 Å². The van der Waals surface area contributed by atoms with Crippen LogP contribution in [0.4, 0.5) is 18.9 Å². The molecule has 0 radical (unpaired) electrons. The van der Waals surface area contributed by atoms with E-state index >= 15 is 0 Å². The average molecular weight is 564 g/mol. The number of nitrogens with zero attached hydrogens (tertiary/aromatic N) is 2. The molecule has 0 fully saturated rings. The van der Waals surface area contributed by atoms with Crippen molar-refractivity contribution in [3.8, 4) is 22.1 Å². The maximum absolute atomic E-state index is 13.2. The first kappa shape index (κ1) is 25.1. The fraction of sp³-hybridized carbons (Fsp3) is 0.0500. The summed E-state index contributed by atoms with van der Waals surface area (Å²) in [5, 5.41) is 15.9. The molecule has 3 aromatic carbocycles. The summed E-state index contributed by atoms with van der Waals surface area (Å²) in [5.74, 6) is -0.102. The second kappa shape index (κ2) is 8.91. The van der Waals surface area contributed by atoms with Gasteiger partial charge >= 0.3 is 6.18 Å². The van der Waals surface area contributed by atoms with Gasteiger partial charge in [-0.05, 0) is 42.0 Å². The third kappa shape index (κ3) is 5.18. The van der Waals surface area contributed by atoms with Gasteiger partial charge in [-0.2, -0.15) is 13.2 Å². The van der Waals surface area contributed by atoms with Crippen molar-refractivity contribution in [3.63, 3.8) is 0 Å². The molecule has 182 valence electrons. The topological polar surface area (TPSA) is 125 Å². The number of hydrogen-bond donors (Lipinski definition) is 1. The van der Waals surface area contributed by atoms with E-state index in [2.05, 4.69) is 4.98 Å². The van der Waals surface area contributed by atoms with Gasteiger partial charge < -0.3 is 4.74 Å².